The third kappa shape index (κ3) is 5.49. The molecule has 112 valence electrons. The van der Waals surface area contributed by atoms with Gasteiger partial charge in [0, 0.05) is 0 Å². The molecule has 2 N–H and O–H groups in total. The minimum atomic E-state index is -0.398. The molecule has 4 nitrogen and oxygen atoms in total. The van der Waals surface area contributed by atoms with Crippen LogP contribution in [0, 0.1) is 11.8 Å². The third-order valence-electron chi connectivity index (χ3n) is 3.98. The van der Waals surface area contributed by atoms with Gasteiger partial charge in [-0.15, -0.1) is 0 Å². The molecule has 0 aromatic carbocycles. The van der Waals surface area contributed by atoms with E-state index in [1.807, 2.05) is 6.92 Å². The molecule has 0 aliphatic heterocycles. The number of carbonyl (C=O) groups is 1. The van der Waals surface area contributed by atoms with Gasteiger partial charge in [0.05, 0.1) is 13.2 Å². The molecule has 1 aliphatic carbocycles. The highest BCUT2D eigenvalue weighted by atomic mass is 16.6. The summed E-state index contributed by atoms with van der Waals surface area (Å²) in [5, 5.41) is 0. The van der Waals surface area contributed by atoms with Crippen LogP contribution < -0.4 is 5.73 Å². The lowest BCUT2D eigenvalue weighted by molar-refractivity contribution is -0.158. The Labute approximate surface area is 117 Å². The van der Waals surface area contributed by atoms with Crippen molar-refractivity contribution >= 4 is 5.97 Å². The van der Waals surface area contributed by atoms with Gasteiger partial charge < -0.3 is 15.2 Å². The number of hydrogen-bond donors (Lipinski definition) is 1. The molecule has 1 rings (SSSR count). The quantitative estimate of drug-likeness (QED) is 0.689. The van der Waals surface area contributed by atoms with Gasteiger partial charge in [-0.1, -0.05) is 26.2 Å². The normalized spacial score (nSPS) is 25.0. The number of hydrogen-bond acceptors (Lipinski definition) is 4. The van der Waals surface area contributed by atoms with E-state index in [9.17, 15) is 4.79 Å². The molecular formula is C15H29NO3. The molecule has 1 fully saturated rings. The first-order chi connectivity index (χ1) is 9.22. The summed E-state index contributed by atoms with van der Waals surface area (Å²) in [5.41, 5.74) is 5.82. The van der Waals surface area contributed by atoms with Gasteiger partial charge in [-0.05, 0) is 44.6 Å². The van der Waals surface area contributed by atoms with Crippen LogP contribution in [0.15, 0.2) is 0 Å². The summed E-state index contributed by atoms with van der Waals surface area (Å²) in [5.74, 6) is 0.843. The highest BCUT2D eigenvalue weighted by molar-refractivity contribution is 5.74. The van der Waals surface area contributed by atoms with Gasteiger partial charge in [0.2, 0.25) is 0 Å². The van der Waals surface area contributed by atoms with E-state index in [1.54, 1.807) is 0 Å². The molecule has 3 unspecified atom stereocenters. The Balaban J connectivity index is 2.43. The molecular weight excluding hydrogens is 242 g/mol. The van der Waals surface area contributed by atoms with Crippen LogP contribution in [0.4, 0.5) is 0 Å². The summed E-state index contributed by atoms with van der Waals surface area (Å²) in [6.07, 6.45) is 6.15. The van der Waals surface area contributed by atoms with Crippen LogP contribution in [-0.4, -0.2) is 31.8 Å². The summed E-state index contributed by atoms with van der Waals surface area (Å²) in [6, 6.07) is 0. The Kier molecular flexibility index (Phi) is 8.07. The van der Waals surface area contributed by atoms with Crippen molar-refractivity contribution in [3.05, 3.63) is 0 Å². The third-order valence-corrected chi connectivity index (χ3v) is 3.98. The standard InChI is InChI=1S/C15H29NO3/c1-3-7-14(15(17)18-4-2)19-11-13-9-6-5-8-12(13)10-16/h12-14H,3-11,16H2,1-2H3. The summed E-state index contributed by atoms with van der Waals surface area (Å²) >= 11 is 0. The zero-order valence-corrected chi connectivity index (χ0v) is 12.4. The van der Waals surface area contributed by atoms with E-state index >= 15 is 0 Å². The molecule has 0 radical (unpaired) electrons. The van der Waals surface area contributed by atoms with Gasteiger partial charge >= 0.3 is 5.97 Å². The van der Waals surface area contributed by atoms with Crippen molar-refractivity contribution in [2.24, 2.45) is 17.6 Å². The lowest BCUT2D eigenvalue weighted by Crippen LogP contribution is -2.34. The molecule has 3 atom stereocenters. The Bertz CT molecular complexity index is 258. The van der Waals surface area contributed by atoms with E-state index in [4.69, 9.17) is 15.2 Å². The molecule has 0 spiro atoms. The van der Waals surface area contributed by atoms with E-state index in [-0.39, 0.29) is 5.97 Å². The number of esters is 1. The Morgan fingerprint density at radius 2 is 1.95 bits per heavy atom. The second-order valence-corrected chi connectivity index (χ2v) is 5.40. The van der Waals surface area contributed by atoms with Gasteiger partial charge in [-0.2, -0.15) is 0 Å². The van der Waals surface area contributed by atoms with Gasteiger partial charge in [0.25, 0.3) is 0 Å². The number of ether oxygens (including phenoxy) is 2. The maximum atomic E-state index is 11.8. The predicted molar refractivity (Wildman–Crippen MR) is 75.8 cm³/mol. The molecule has 19 heavy (non-hydrogen) atoms. The maximum absolute atomic E-state index is 11.8. The van der Waals surface area contributed by atoms with Crippen molar-refractivity contribution < 1.29 is 14.3 Å². The first-order valence-electron chi connectivity index (χ1n) is 7.71. The molecule has 0 saturated heterocycles. The average Bonchev–Trinajstić information content (AvgIpc) is 2.44. The molecule has 0 aromatic rings. The maximum Gasteiger partial charge on any atom is 0.335 e. The zero-order valence-electron chi connectivity index (χ0n) is 12.4. The van der Waals surface area contributed by atoms with Crippen LogP contribution in [0.2, 0.25) is 0 Å². The van der Waals surface area contributed by atoms with Gasteiger partial charge in [0.15, 0.2) is 6.10 Å². The molecule has 0 bridgehead atoms. The van der Waals surface area contributed by atoms with E-state index in [0.29, 0.717) is 25.0 Å². The first-order valence-corrected chi connectivity index (χ1v) is 7.71. The first kappa shape index (κ1) is 16.4. The van der Waals surface area contributed by atoms with E-state index in [1.165, 1.54) is 25.7 Å². The summed E-state index contributed by atoms with van der Waals surface area (Å²) in [4.78, 5) is 11.8. The van der Waals surface area contributed by atoms with Gasteiger partial charge in [0.1, 0.15) is 0 Å². The van der Waals surface area contributed by atoms with Crippen LogP contribution in [0.5, 0.6) is 0 Å². The van der Waals surface area contributed by atoms with Crippen LogP contribution >= 0.6 is 0 Å². The second-order valence-electron chi connectivity index (χ2n) is 5.40. The highest BCUT2D eigenvalue weighted by Gasteiger charge is 2.27. The monoisotopic (exact) mass is 271 g/mol. The van der Waals surface area contributed by atoms with E-state index in [2.05, 4.69) is 6.92 Å². The van der Waals surface area contributed by atoms with E-state index < -0.39 is 6.10 Å². The summed E-state index contributed by atoms with van der Waals surface area (Å²) in [6.45, 7) is 5.67. The summed E-state index contributed by atoms with van der Waals surface area (Å²) in [7, 11) is 0. The molecule has 0 aromatic heterocycles. The number of nitrogens with two attached hydrogens (primary N) is 1. The van der Waals surface area contributed by atoms with Crippen LogP contribution in [0.25, 0.3) is 0 Å². The van der Waals surface area contributed by atoms with Crippen molar-refractivity contribution in [3.63, 3.8) is 0 Å². The van der Waals surface area contributed by atoms with Gasteiger partial charge in [-0.25, -0.2) is 4.79 Å². The lowest BCUT2D eigenvalue weighted by atomic mass is 9.80. The average molecular weight is 271 g/mol. The Morgan fingerprint density at radius 1 is 1.26 bits per heavy atom. The van der Waals surface area contributed by atoms with Crippen molar-refractivity contribution in [1.29, 1.82) is 0 Å². The van der Waals surface area contributed by atoms with Crippen LogP contribution in [-0.2, 0) is 14.3 Å². The zero-order chi connectivity index (χ0) is 14.1. The molecule has 0 heterocycles. The second kappa shape index (κ2) is 9.32. The van der Waals surface area contributed by atoms with Crippen molar-refractivity contribution in [2.75, 3.05) is 19.8 Å². The molecule has 1 saturated carbocycles. The smallest absolute Gasteiger partial charge is 0.335 e. The van der Waals surface area contributed by atoms with E-state index in [0.717, 1.165) is 19.4 Å². The fourth-order valence-electron chi connectivity index (χ4n) is 2.82. The fourth-order valence-corrected chi connectivity index (χ4v) is 2.82. The minimum absolute atomic E-state index is 0.218. The van der Waals surface area contributed by atoms with Crippen molar-refractivity contribution in [3.8, 4) is 0 Å². The molecule has 4 heteroatoms. The topological polar surface area (TPSA) is 61.5 Å². The molecule has 0 amide bonds. The highest BCUT2D eigenvalue weighted by Crippen LogP contribution is 2.29. The lowest BCUT2D eigenvalue weighted by Gasteiger charge is -2.31. The minimum Gasteiger partial charge on any atom is -0.464 e. The SMILES string of the molecule is CCCC(OCC1CCCCC1CN)C(=O)OCC. The van der Waals surface area contributed by atoms with Gasteiger partial charge in [-0.3, -0.25) is 0 Å². The van der Waals surface area contributed by atoms with Crippen LogP contribution in [0.1, 0.15) is 52.4 Å². The number of carbonyl (C=O) groups excluding carboxylic acids is 1. The predicted octanol–water partition coefficient (Wildman–Crippen LogP) is 2.50. The largest absolute Gasteiger partial charge is 0.464 e. The molecule has 1 aliphatic rings. The summed E-state index contributed by atoms with van der Waals surface area (Å²) < 4.78 is 10.9. The Morgan fingerprint density at radius 3 is 2.53 bits per heavy atom. The van der Waals surface area contributed by atoms with Crippen molar-refractivity contribution in [1.82, 2.24) is 0 Å². The number of rotatable bonds is 8. The fraction of sp³-hybridized carbons (Fsp3) is 0.933. The Hall–Kier alpha value is -0.610. The van der Waals surface area contributed by atoms with Crippen LogP contribution in [0.3, 0.4) is 0 Å². The van der Waals surface area contributed by atoms with Crippen molar-refractivity contribution in [2.45, 2.75) is 58.5 Å².